The molecule has 2 N–H and O–H groups in total. The largest absolute Gasteiger partial charge is 0.507 e. The average molecular weight is 278 g/mol. The second-order valence-electron chi connectivity index (χ2n) is 4.06. The van der Waals surface area contributed by atoms with E-state index in [4.69, 9.17) is 0 Å². The van der Waals surface area contributed by atoms with Crippen LogP contribution in [0.25, 0.3) is 0 Å². The molecule has 19 heavy (non-hydrogen) atoms. The zero-order valence-corrected chi connectivity index (χ0v) is 11.2. The molecular weight excluding hydrogens is 264 g/mol. The lowest BCUT2D eigenvalue weighted by atomic mass is 10.2. The van der Waals surface area contributed by atoms with Crippen LogP contribution in [0.2, 0.25) is 0 Å². The lowest BCUT2D eigenvalue weighted by molar-refractivity contribution is 0.458. The van der Waals surface area contributed by atoms with Gasteiger partial charge in [0.1, 0.15) is 10.6 Å². The van der Waals surface area contributed by atoms with Gasteiger partial charge in [-0.3, -0.25) is 4.98 Å². The summed E-state index contributed by atoms with van der Waals surface area (Å²) >= 11 is 0. The van der Waals surface area contributed by atoms with Crippen molar-refractivity contribution < 1.29 is 13.5 Å². The summed E-state index contributed by atoms with van der Waals surface area (Å²) in [6.07, 6.45) is 1.61. The predicted octanol–water partition coefficient (Wildman–Crippen LogP) is 1.57. The molecule has 0 aliphatic rings. The maximum Gasteiger partial charge on any atom is 0.244 e. The maximum atomic E-state index is 12.0. The topological polar surface area (TPSA) is 79.3 Å². The second-order valence-corrected chi connectivity index (χ2v) is 5.79. The Morgan fingerprint density at radius 3 is 2.63 bits per heavy atom. The van der Waals surface area contributed by atoms with Gasteiger partial charge in [0.05, 0.1) is 12.2 Å². The molecule has 0 saturated heterocycles. The summed E-state index contributed by atoms with van der Waals surface area (Å²) < 4.78 is 26.5. The van der Waals surface area contributed by atoms with Crippen molar-refractivity contribution in [1.29, 1.82) is 0 Å². The summed E-state index contributed by atoms with van der Waals surface area (Å²) in [5.74, 6) is -0.271. The zero-order valence-electron chi connectivity index (χ0n) is 10.4. The molecule has 0 radical (unpaired) electrons. The van der Waals surface area contributed by atoms with Gasteiger partial charge in [0.25, 0.3) is 0 Å². The van der Waals surface area contributed by atoms with E-state index in [9.17, 15) is 13.5 Å². The average Bonchev–Trinajstić information content (AvgIpc) is 2.38. The lowest BCUT2D eigenvalue weighted by Gasteiger charge is -2.09. The monoisotopic (exact) mass is 278 g/mol. The third kappa shape index (κ3) is 3.10. The number of hydrogen-bond acceptors (Lipinski definition) is 4. The van der Waals surface area contributed by atoms with Crippen LogP contribution in [0.1, 0.15) is 11.3 Å². The van der Waals surface area contributed by atoms with E-state index in [1.807, 2.05) is 13.0 Å². The van der Waals surface area contributed by atoms with Crippen molar-refractivity contribution in [3.63, 3.8) is 0 Å². The van der Waals surface area contributed by atoms with Crippen LogP contribution >= 0.6 is 0 Å². The van der Waals surface area contributed by atoms with Gasteiger partial charge in [-0.1, -0.05) is 18.2 Å². The van der Waals surface area contributed by atoms with Crippen LogP contribution in [-0.2, 0) is 16.6 Å². The number of rotatable bonds is 4. The molecule has 1 heterocycles. The van der Waals surface area contributed by atoms with Crippen molar-refractivity contribution in [2.24, 2.45) is 0 Å². The molecule has 0 bridgehead atoms. The SMILES string of the molecule is Cc1cccnc1CNS(=O)(=O)c1ccccc1O. The van der Waals surface area contributed by atoms with Crippen molar-refractivity contribution in [3.05, 3.63) is 53.9 Å². The predicted molar refractivity (Wildman–Crippen MR) is 71.1 cm³/mol. The zero-order chi connectivity index (χ0) is 13.9. The molecule has 5 nitrogen and oxygen atoms in total. The van der Waals surface area contributed by atoms with Crippen LogP contribution < -0.4 is 4.72 Å². The summed E-state index contributed by atoms with van der Waals surface area (Å²) in [5, 5.41) is 9.56. The van der Waals surface area contributed by atoms with Crippen molar-refractivity contribution in [2.45, 2.75) is 18.4 Å². The van der Waals surface area contributed by atoms with Gasteiger partial charge in [-0.25, -0.2) is 13.1 Å². The minimum Gasteiger partial charge on any atom is -0.507 e. The highest BCUT2D eigenvalue weighted by Crippen LogP contribution is 2.21. The van der Waals surface area contributed by atoms with E-state index in [1.54, 1.807) is 24.4 Å². The molecule has 2 rings (SSSR count). The molecule has 0 aliphatic carbocycles. The molecule has 0 aliphatic heterocycles. The smallest absolute Gasteiger partial charge is 0.244 e. The van der Waals surface area contributed by atoms with Crippen molar-refractivity contribution >= 4 is 10.0 Å². The van der Waals surface area contributed by atoms with Gasteiger partial charge in [0, 0.05) is 6.20 Å². The van der Waals surface area contributed by atoms with Gasteiger partial charge in [0.2, 0.25) is 10.0 Å². The number of hydrogen-bond donors (Lipinski definition) is 2. The first-order valence-corrected chi connectivity index (χ1v) is 7.17. The van der Waals surface area contributed by atoms with E-state index < -0.39 is 10.0 Å². The van der Waals surface area contributed by atoms with Gasteiger partial charge < -0.3 is 5.11 Å². The van der Waals surface area contributed by atoms with E-state index in [0.29, 0.717) is 5.69 Å². The van der Waals surface area contributed by atoms with Gasteiger partial charge in [-0.2, -0.15) is 0 Å². The number of aryl methyl sites for hydroxylation is 1. The Morgan fingerprint density at radius 1 is 1.21 bits per heavy atom. The number of para-hydroxylation sites is 1. The third-order valence-corrected chi connectivity index (χ3v) is 4.15. The van der Waals surface area contributed by atoms with Gasteiger partial charge in [-0.15, -0.1) is 0 Å². The third-order valence-electron chi connectivity index (χ3n) is 2.70. The Morgan fingerprint density at radius 2 is 1.95 bits per heavy atom. The number of sulfonamides is 1. The summed E-state index contributed by atoms with van der Waals surface area (Å²) in [5.41, 5.74) is 1.56. The van der Waals surface area contributed by atoms with Gasteiger partial charge in [-0.05, 0) is 30.7 Å². The molecule has 1 aromatic carbocycles. The molecule has 0 atom stereocenters. The molecule has 0 saturated carbocycles. The fourth-order valence-corrected chi connectivity index (χ4v) is 2.71. The van der Waals surface area contributed by atoms with E-state index in [1.165, 1.54) is 12.1 Å². The Bertz CT molecular complexity index is 684. The highest BCUT2D eigenvalue weighted by Gasteiger charge is 2.17. The Balaban J connectivity index is 2.20. The number of pyridine rings is 1. The first-order valence-electron chi connectivity index (χ1n) is 5.69. The second kappa shape index (κ2) is 5.38. The van der Waals surface area contributed by atoms with Crippen molar-refractivity contribution in [1.82, 2.24) is 9.71 Å². The number of nitrogens with one attached hydrogen (secondary N) is 1. The number of benzene rings is 1. The molecular formula is C13H14N2O3S. The highest BCUT2D eigenvalue weighted by atomic mass is 32.2. The quantitative estimate of drug-likeness (QED) is 0.889. The Labute approximate surface area is 112 Å². The van der Waals surface area contributed by atoms with Crippen molar-refractivity contribution in [2.75, 3.05) is 0 Å². The Kier molecular flexibility index (Phi) is 3.82. The number of phenolic OH excluding ortho intramolecular Hbond substituents is 1. The molecule has 2 aromatic rings. The van der Waals surface area contributed by atoms with E-state index in [-0.39, 0.29) is 17.2 Å². The minimum atomic E-state index is -3.75. The van der Waals surface area contributed by atoms with Crippen LogP contribution in [0.5, 0.6) is 5.75 Å². The maximum absolute atomic E-state index is 12.0. The molecule has 0 amide bonds. The summed E-state index contributed by atoms with van der Waals surface area (Å²) in [6, 6.07) is 9.45. The van der Waals surface area contributed by atoms with Crippen molar-refractivity contribution in [3.8, 4) is 5.75 Å². The lowest BCUT2D eigenvalue weighted by Crippen LogP contribution is -2.24. The molecule has 0 unspecified atom stereocenters. The van der Waals surface area contributed by atoms with Crippen LogP contribution in [0, 0.1) is 6.92 Å². The highest BCUT2D eigenvalue weighted by molar-refractivity contribution is 7.89. The van der Waals surface area contributed by atoms with Crippen LogP contribution in [0.3, 0.4) is 0 Å². The normalized spacial score (nSPS) is 11.4. The first kappa shape index (κ1) is 13.5. The number of phenols is 1. The van der Waals surface area contributed by atoms with E-state index in [2.05, 4.69) is 9.71 Å². The van der Waals surface area contributed by atoms with Gasteiger partial charge >= 0.3 is 0 Å². The van der Waals surface area contributed by atoms with Gasteiger partial charge in [0.15, 0.2) is 0 Å². The van der Waals surface area contributed by atoms with Crippen LogP contribution in [-0.4, -0.2) is 18.5 Å². The minimum absolute atomic E-state index is 0.0866. The fourth-order valence-electron chi connectivity index (χ4n) is 1.63. The fraction of sp³-hybridized carbons (Fsp3) is 0.154. The molecule has 1 aromatic heterocycles. The van der Waals surface area contributed by atoms with E-state index >= 15 is 0 Å². The molecule has 0 fully saturated rings. The van der Waals surface area contributed by atoms with Crippen LogP contribution in [0.15, 0.2) is 47.5 Å². The summed E-state index contributed by atoms with van der Waals surface area (Å²) in [7, 11) is -3.75. The Hall–Kier alpha value is -1.92. The number of aromatic nitrogens is 1. The standard InChI is InChI=1S/C13H14N2O3S/c1-10-5-4-8-14-11(10)9-15-19(17,18)13-7-3-2-6-12(13)16/h2-8,15-16H,9H2,1H3. The molecule has 100 valence electrons. The number of nitrogens with zero attached hydrogens (tertiary/aromatic N) is 1. The summed E-state index contributed by atoms with van der Waals surface area (Å²) in [4.78, 5) is 3.97. The number of aromatic hydroxyl groups is 1. The molecule has 6 heteroatoms. The van der Waals surface area contributed by atoms with E-state index in [0.717, 1.165) is 5.56 Å². The first-order chi connectivity index (χ1) is 9.00. The van der Waals surface area contributed by atoms with Crippen LogP contribution in [0.4, 0.5) is 0 Å². The summed E-state index contributed by atoms with van der Waals surface area (Å²) in [6.45, 7) is 1.94. The molecule has 0 spiro atoms.